The number of hydrogen-bond acceptors (Lipinski definition) is 2. The third kappa shape index (κ3) is 4.71. The van der Waals surface area contributed by atoms with Crippen molar-refractivity contribution in [2.75, 3.05) is 11.9 Å². The summed E-state index contributed by atoms with van der Waals surface area (Å²) in [6.07, 6.45) is 7.89. The molecule has 2 atom stereocenters. The molecule has 2 aliphatic rings. The van der Waals surface area contributed by atoms with Gasteiger partial charge in [-0.05, 0) is 36.4 Å². The average Bonchev–Trinajstić information content (AvgIpc) is 3.36. The van der Waals surface area contributed by atoms with E-state index in [-0.39, 0.29) is 24.2 Å². The normalized spacial score (nSPS) is 23.9. The molecule has 23 heavy (non-hydrogen) atoms. The second kappa shape index (κ2) is 8.70. The van der Waals surface area contributed by atoms with Crippen molar-refractivity contribution in [3.05, 3.63) is 29.8 Å². The van der Waals surface area contributed by atoms with Crippen LogP contribution in [0.15, 0.2) is 24.3 Å². The summed E-state index contributed by atoms with van der Waals surface area (Å²) in [5, 5.41) is 6.50. The molecule has 0 aliphatic heterocycles. The van der Waals surface area contributed by atoms with E-state index in [1.807, 2.05) is 18.2 Å². The zero-order valence-electron chi connectivity index (χ0n) is 14.0. The van der Waals surface area contributed by atoms with Crippen LogP contribution in [0.25, 0.3) is 0 Å². The molecule has 0 radical (unpaired) electrons. The number of carbonyl (C=O) groups is 1. The first kappa shape index (κ1) is 18.3. The van der Waals surface area contributed by atoms with E-state index in [0.717, 1.165) is 31.1 Å². The summed E-state index contributed by atoms with van der Waals surface area (Å²) >= 11 is 0. The number of benzene rings is 1. The van der Waals surface area contributed by atoms with Gasteiger partial charge in [-0.3, -0.25) is 4.79 Å². The topological polar surface area (TPSA) is 41.1 Å². The highest BCUT2D eigenvalue weighted by Gasteiger charge is 2.47. The van der Waals surface area contributed by atoms with Crippen LogP contribution in [0.5, 0.6) is 0 Å². The Balaban J connectivity index is 0.00000192. The maximum Gasteiger partial charge on any atom is 0.227 e. The first-order valence-corrected chi connectivity index (χ1v) is 8.89. The van der Waals surface area contributed by atoms with E-state index in [9.17, 15) is 4.79 Å². The van der Waals surface area contributed by atoms with Gasteiger partial charge in [-0.1, -0.05) is 57.2 Å². The Morgan fingerprint density at radius 2 is 1.91 bits per heavy atom. The van der Waals surface area contributed by atoms with Crippen LogP contribution in [0, 0.1) is 17.8 Å². The fourth-order valence-corrected chi connectivity index (χ4v) is 3.88. The lowest BCUT2D eigenvalue weighted by molar-refractivity contribution is -0.117. The van der Waals surface area contributed by atoms with Crippen LogP contribution in [-0.2, 0) is 11.3 Å². The summed E-state index contributed by atoms with van der Waals surface area (Å²) in [6, 6.07) is 8.13. The molecule has 2 unspecified atom stereocenters. The maximum atomic E-state index is 12.5. The number of hydrogen-bond donors (Lipinski definition) is 2. The lowest BCUT2D eigenvalue weighted by Crippen LogP contribution is -2.20. The van der Waals surface area contributed by atoms with Crippen LogP contribution in [0.3, 0.4) is 0 Å². The quantitative estimate of drug-likeness (QED) is 0.809. The molecule has 2 aliphatic carbocycles. The summed E-state index contributed by atoms with van der Waals surface area (Å²) in [5.41, 5.74) is 2.15. The Labute approximate surface area is 146 Å². The fourth-order valence-electron chi connectivity index (χ4n) is 3.88. The first-order valence-electron chi connectivity index (χ1n) is 8.89. The predicted octanol–water partition coefficient (Wildman–Crippen LogP) is 4.37. The maximum absolute atomic E-state index is 12.5. The van der Waals surface area contributed by atoms with Gasteiger partial charge in [0.25, 0.3) is 0 Å². The highest BCUT2D eigenvalue weighted by atomic mass is 35.5. The number of anilines is 1. The molecule has 0 spiro atoms. The highest BCUT2D eigenvalue weighted by molar-refractivity contribution is 5.95. The number of rotatable bonds is 6. The van der Waals surface area contributed by atoms with Crippen molar-refractivity contribution in [1.29, 1.82) is 0 Å². The Morgan fingerprint density at radius 3 is 2.65 bits per heavy atom. The third-order valence-electron chi connectivity index (χ3n) is 5.27. The number of nitrogens with one attached hydrogen (secondary N) is 2. The van der Waals surface area contributed by atoms with Crippen molar-refractivity contribution in [2.45, 2.75) is 52.0 Å². The van der Waals surface area contributed by atoms with Crippen molar-refractivity contribution >= 4 is 24.0 Å². The van der Waals surface area contributed by atoms with Crippen LogP contribution in [0.2, 0.25) is 0 Å². The molecule has 0 bridgehead atoms. The summed E-state index contributed by atoms with van der Waals surface area (Å²) in [7, 11) is 0. The molecule has 1 aromatic carbocycles. The molecule has 0 saturated heterocycles. The minimum Gasteiger partial charge on any atom is -0.326 e. The van der Waals surface area contributed by atoms with Crippen LogP contribution < -0.4 is 10.6 Å². The SMILES string of the molecule is CCNCc1ccccc1NC(=O)C1CC1C1CCCCC1.Cl. The molecule has 0 heterocycles. The summed E-state index contributed by atoms with van der Waals surface area (Å²) in [6.45, 7) is 3.85. The van der Waals surface area contributed by atoms with Gasteiger partial charge >= 0.3 is 0 Å². The number of amides is 1. The Bertz CT molecular complexity index is 514. The second-order valence-electron chi connectivity index (χ2n) is 6.83. The van der Waals surface area contributed by atoms with Crippen molar-refractivity contribution in [3.63, 3.8) is 0 Å². The molecular weight excluding hydrogens is 308 g/mol. The number of carbonyl (C=O) groups excluding carboxylic acids is 1. The molecule has 2 fully saturated rings. The monoisotopic (exact) mass is 336 g/mol. The largest absolute Gasteiger partial charge is 0.326 e. The van der Waals surface area contributed by atoms with E-state index >= 15 is 0 Å². The second-order valence-corrected chi connectivity index (χ2v) is 6.83. The molecule has 3 rings (SSSR count). The lowest BCUT2D eigenvalue weighted by Gasteiger charge is -2.21. The van der Waals surface area contributed by atoms with Crippen LogP contribution in [0.4, 0.5) is 5.69 Å². The van der Waals surface area contributed by atoms with Crippen molar-refractivity contribution in [1.82, 2.24) is 5.32 Å². The summed E-state index contributed by atoms with van der Waals surface area (Å²) in [5.74, 6) is 1.96. The first-order chi connectivity index (χ1) is 10.8. The van der Waals surface area contributed by atoms with Gasteiger partial charge in [0.15, 0.2) is 0 Å². The lowest BCUT2D eigenvalue weighted by atomic mass is 9.85. The summed E-state index contributed by atoms with van der Waals surface area (Å²) < 4.78 is 0. The van der Waals surface area contributed by atoms with E-state index in [1.165, 1.54) is 37.7 Å². The summed E-state index contributed by atoms with van der Waals surface area (Å²) in [4.78, 5) is 12.5. The Morgan fingerprint density at radius 1 is 1.17 bits per heavy atom. The van der Waals surface area contributed by atoms with E-state index in [4.69, 9.17) is 0 Å². The van der Waals surface area contributed by atoms with Gasteiger partial charge in [0.05, 0.1) is 0 Å². The molecular formula is C19H29ClN2O. The van der Waals surface area contributed by atoms with Gasteiger partial charge in [-0.2, -0.15) is 0 Å². The molecule has 1 aromatic rings. The van der Waals surface area contributed by atoms with Gasteiger partial charge in [0.2, 0.25) is 5.91 Å². The zero-order chi connectivity index (χ0) is 15.4. The van der Waals surface area contributed by atoms with Crippen molar-refractivity contribution in [2.24, 2.45) is 17.8 Å². The molecule has 2 N–H and O–H groups in total. The zero-order valence-corrected chi connectivity index (χ0v) is 14.8. The smallest absolute Gasteiger partial charge is 0.227 e. The molecule has 2 saturated carbocycles. The fraction of sp³-hybridized carbons (Fsp3) is 0.632. The Hall–Kier alpha value is -1.06. The number of halogens is 1. The van der Waals surface area contributed by atoms with E-state index in [2.05, 4.69) is 23.6 Å². The molecule has 4 heteroatoms. The standard InChI is InChI=1S/C19H28N2O.ClH/c1-2-20-13-15-10-6-7-11-18(15)21-19(22)17-12-16(17)14-8-4-3-5-9-14;/h6-7,10-11,14,16-17,20H,2-5,8-9,12-13H2,1H3,(H,21,22);1H. The van der Waals surface area contributed by atoms with Crippen molar-refractivity contribution in [3.8, 4) is 0 Å². The molecule has 3 nitrogen and oxygen atoms in total. The van der Waals surface area contributed by atoms with E-state index < -0.39 is 0 Å². The molecule has 1 amide bonds. The van der Waals surface area contributed by atoms with Gasteiger partial charge in [-0.25, -0.2) is 0 Å². The van der Waals surface area contributed by atoms with Crippen LogP contribution in [0.1, 0.15) is 51.0 Å². The minimum atomic E-state index is 0. The van der Waals surface area contributed by atoms with E-state index in [1.54, 1.807) is 0 Å². The van der Waals surface area contributed by atoms with Crippen LogP contribution >= 0.6 is 12.4 Å². The Kier molecular flexibility index (Phi) is 6.91. The minimum absolute atomic E-state index is 0. The van der Waals surface area contributed by atoms with Gasteiger partial charge in [0, 0.05) is 18.2 Å². The predicted molar refractivity (Wildman–Crippen MR) is 97.9 cm³/mol. The molecule has 0 aromatic heterocycles. The van der Waals surface area contributed by atoms with Gasteiger partial charge in [0.1, 0.15) is 0 Å². The van der Waals surface area contributed by atoms with Gasteiger partial charge < -0.3 is 10.6 Å². The van der Waals surface area contributed by atoms with E-state index in [0.29, 0.717) is 5.92 Å². The third-order valence-corrected chi connectivity index (χ3v) is 5.27. The average molecular weight is 337 g/mol. The number of para-hydroxylation sites is 1. The van der Waals surface area contributed by atoms with Crippen LogP contribution in [-0.4, -0.2) is 12.5 Å². The highest BCUT2D eigenvalue weighted by Crippen LogP contribution is 2.49. The van der Waals surface area contributed by atoms with Crippen molar-refractivity contribution < 1.29 is 4.79 Å². The molecule has 128 valence electrons. The van der Waals surface area contributed by atoms with Gasteiger partial charge in [-0.15, -0.1) is 12.4 Å².